The topological polar surface area (TPSA) is 75.3 Å². The lowest BCUT2D eigenvalue weighted by Gasteiger charge is -2.07. The Hall–Kier alpha value is -3.26. The van der Waals surface area contributed by atoms with E-state index in [1.165, 1.54) is 12.3 Å². The second kappa shape index (κ2) is 8.25. The first kappa shape index (κ1) is 16.1. The molecule has 0 aliphatic carbocycles. The van der Waals surface area contributed by atoms with Crippen LogP contribution in [0.4, 0.5) is 0 Å². The number of amides is 1. The smallest absolute Gasteiger partial charge is 0.262 e. The molecule has 2 rings (SSSR count). The van der Waals surface area contributed by atoms with E-state index in [1.807, 2.05) is 18.2 Å². The number of hydrogen-bond donors (Lipinski definition) is 1. The summed E-state index contributed by atoms with van der Waals surface area (Å²) in [5, 5.41) is 11.9. The maximum Gasteiger partial charge on any atom is 0.262 e. The summed E-state index contributed by atoms with van der Waals surface area (Å²) in [7, 11) is 0. The number of nitriles is 1. The fourth-order valence-electron chi connectivity index (χ4n) is 1.86. The van der Waals surface area contributed by atoms with Crippen LogP contribution in [-0.4, -0.2) is 12.5 Å². The molecule has 1 amide bonds. The van der Waals surface area contributed by atoms with E-state index < -0.39 is 5.91 Å². The molecule has 0 bridgehead atoms. The Morgan fingerprint density at radius 2 is 2.17 bits per heavy atom. The highest BCUT2D eigenvalue weighted by molar-refractivity contribution is 6.01. The molecule has 1 heterocycles. The predicted octanol–water partition coefficient (Wildman–Crippen LogP) is 3.07. The third-order valence-corrected chi connectivity index (χ3v) is 2.94. The molecule has 0 saturated carbocycles. The molecule has 0 fully saturated rings. The van der Waals surface area contributed by atoms with E-state index in [-0.39, 0.29) is 12.1 Å². The number of carbonyl (C=O) groups is 1. The molecule has 1 aromatic carbocycles. The summed E-state index contributed by atoms with van der Waals surface area (Å²) >= 11 is 0. The third-order valence-electron chi connectivity index (χ3n) is 2.94. The van der Waals surface area contributed by atoms with Gasteiger partial charge in [-0.3, -0.25) is 4.79 Å². The molecular weight excluding hydrogens is 292 g/mol. The van der Waals surface area contributed by atoms with Crippen molar-refractivity contribution in [3.63, 3.8) is 0 Å². The van der Waals surface area contributed by atoms with Gasteiger partial charge in [-0.2, -0.15) is 5.26 Å². The summed E-state index contributed by atoms with van der Waals surface area (Å²) in [6.45, 7) is 4.16. The fourth-order valence-corrected chi connectivity index (χ4v) is 1.86. The maximum absolute atomic E-state index is 12.1. The number of hydrogen-bond acceptors (Lipinski definition) is 4. The Labute approximate surface area is 134 Å². The lowest BCUT2D eigenvalue weighted by Crippen LogP contribution is -2.23. The molecule has 23 heavy (non-hydrogen) atoms. The summed E-state index contributed by atoms with van der Waals surface area (Å²) in [4.78, 5) is 12.1. The van der Waals surface area contributed by atoms with Gasteiger partial charge in [0.05, 0.1) is 12.8 Å². The van der Waals surface area contributed by atoms with Gasteiger partial charge in [0.25, 0.3) is 5.91 Å². The van der Waals surface area contributed by atoms with Gasteiger partial charge in [-0.05, 0) is 24.3 Å². The normalized spacial score (nSPS) is 10.7. The summed E-state index contributed by atoms with van der Waals surface area (Å²) in [6.07, 6.45) is 4.65. The molecule has 0 atom stereocenters. The lowest BCUT2D eigenvalue weighted by molar-refractivity contribution is -0.117. The molecular formula is C18H16N2O3. The molecule has 0 unspecified atom stereocenters. The van der Waals surface area contributed by atoms with Crippen molar-refractivity contribution in [2.75, 3.05) is 6.61 Å². The van der Waals surface area contributed by atoms with Crippen LogP contribution in [0.5, 0.6) is 5.75 Å². The second-order valence-corrected chi connectivity index (χ2v) is 4.57. The molecule has 5 nitrogen and oxygen atoms in total. The molecule has 1 aromatic heterocycles. The van der Waals surface area contributed by atoms with E-state index in [9.17, 15) is 10.1 Å². The zero-order valence-corrected chi connectivity index (χ0v) is 12.5. The van der Waals surface area contributed by atoms with Gasteiger partial charge in [0.2, 0.25) is 0 Å². The van der Waals surface area contributed by atoms with E-state index in [4.69, 9.17) is 9.15 Å². The number of rotatable bonds is 7. The van der Waals surface area contributed by atoms with Gasteiger partial charge >= 0.3 is 0 Å². The molecule has 0 spiro atoms. The largest absolute Gasteiger partial charge is 0.489 e. The summed E-state index contributed by atoms with van der Waals surface area (Å²) in [6, 6.07) is 12.6. The SMILES string of the molecule is C=CCOc1ccccc1/C=C(\C#N)C(=O)NCc1ccco1. The van der Waals surface area contributed by atoms with E-state index in [2.05, 4.69) is 11.9 Å². The van der Waals surface area contributed by atoms with Gasteiger partial charge in [-0.15, -0.1) is 0 Å². The summed E-state index contributed by atoms with van der Waals surface area (Å²) in [5.74, 6) is 0.728. The molecule has 2 aromatic rings. The van der Waals surface area contributed by atoms with Crippen LogP contribution in [0, 0.1) is 11.3 Å². The van der Waals surface area contributed by atoms with Crippen LogP contribution in [0.15, 0.2) is 65.3 Å². The van der Waals surface area contributed by atoms with Crippen LogP contribution >= 0.6 is 0 Å². The first-order valence-corrected chi connectivity index (χ1v) is 6.99. The van der Waals surface area contributed by atoms with Gasteiger partial charge in [0, 0.05) is 5.56 Å². The number of ether oxygens (including phenoxy) is 1. The van der Waals surface area contributed by atoms with Gasteiger partial charge in [0.1, 0.15) is 29.8 Å². The number of benzene rings is 1. The van der Waals surface area contributed by atoms with Crippen LogP contribution < -0.4 is 10.1 Å². The minimum Gasteiger partial charge on any atom is -0.489 e. The van der Waals surface area contributed by atoms with Gasteiger partial charge < -0.3 is 14.5 Å². The Balaban J connectivity index is 2.13. The maximum atomic E-state index is 12.1. The van der Waals surface area contributed by atoms with E-state index in [0.717, 1.165) is 0 Å². The Morgan fingerprint density at radius 1 is 1.35 bits per heavy atom. The first-order chi connectivity index (χ1) is 11.2. The minimum absolute atomic E-state index is 0.00814. The highest BCUT2D eigenvalue weighted by Gasteiger charge is 2.11. The highest BCUT2D eigenvalue weighted by atomic mass is 16.5. The van der Waals surface area contributed by atoms with Crippen LogP contribution in [0.1, 0.15) is 11.3 Å². The zero-order valence-electron chi connectivity index (χ0n) is 12.5. The van der Waals surface area contributed by atoms with Crippen LogP contribution in [0.2, 0.25) is 0 Å². The Kier molecular flexibility index (Phi) is 5.78. The van der Waals surface area contributed by atoms with Crippen LogP contribution in [-0.2, 0) is 11.3 Å². The van der Waals surface area contributed by atoms with Crippen molar-refractivity contribution in [2.45, 2.75) is 6.54 Å². The monoisotopic (exact) mass is 308 g/mol. The highest BCUT2D eigenvalue weighted by Crippen LogP contribution is 2.21. The van der Waals surface area contributed by atoms with Gasteiger partial charge in [0.15, 0.2) is 0 Å². The first-order valence-electron chi connectivity index (χ1n) is 6.99. The number of carbonyl (C=O) groups excluding carboxylic acids is 1. The van der Waals surface area contributed by atoms with Crippen molar-refractivity contribution in [1.82, 2.24) is 5.32 Å². The third kappa shape index (κ3) is 4.61. The lowest BCUT2D eigenvalue weighted by atomic mass is 10.1. The van der Waals surface area contributed by atoms with E-state index >= 15 is 0 Å². The quantitative estimate of drug-likeness (QED) is 0.484. The van der Waals surface area contributed by atoms with Gasteiger partial charge in [-0.1, -0.05) is 30.9 Å². The molecule has 5 heteroatoms. The predicted molar refractivity (Wildman–Crippen MR) is 86.3 cm³/mol. The number of nitrogens with one attached hydrogen (secondary N) is 1. The molecule has 0 aliphatic heterocycles. The Bertz CT molecular complexity index is 740. The van der Waals surface area contributed by atoms with E-state index in [0.29, 0.717) is 23.7 Å². The number of furan rings is 1. The van der Waals surface area contributed by atoms with Crippen molar-refractivity contribution in [2.24, 2.45) is 0 Å². The van der Waals surface area contributed by atoms with Crippen molar-refractivity contribution in [1.29, 1.82) is 5.26 Å². The van der Waals surface area contributed by atoms with Crippen molar-refractivity contribution in [3.05, 3.63) is 72.2 Å². The van der Waals surface area contributed by atoms with Crippen molar-refractivity contribution >= 4 is 12.0 Å². The number of para-hydroxylation sites is 1. The Morgan fingerprint density at radius 3 is 2.87 bits per heavy atom. The molecule has 0 aliphatic rings. The van der Waals surface area contributed by atoms with Gasteiger partial charge in [-0.25, -0.2) is 0 Å². The van der Waals surface area contributed by atoms with Crippen molar-refractivity contribution < 1.29 is 13.9 Å². The summed E-state index contributed by atoms with van der Waals surface area (Å²) in [5.41, 5.74) is 0.644. The standard InChI is InChI=1S/C18H16N2O3/c1-2-9-23-17-8-4-3-6-14(17)11-15(12-19)18(21)20-13-16-7-5-10-22-16/h2-8,10-11H,1,9,13H2,(H,20,21)/b15-11+. The second-order valence-electron chi connectivity index (χ2n) is 4.57. The average molecular weight is 308 g/mol. The molecule has 0 radical (unpaired) electrons. The zero-order chi connectivity index (χ0) is 16.5. The minimum atomic E-state index is -0.470. The molecule has 0 saturated heterocycles. The summed E-state index contributed by atoms with van der Waals surface area (Å²) < 4.78 is 10.6. The fraction of sp³-hybridized carbons (Fsp3) is 0.111. The van der Waals surface area contributed by atoms with Crippen LogP contribution in [0.3, 0.4) is 0 Å². The average Bonchev–Trinajstić information content (AvgIpc) is 3.10. The molecule has 1 N–H and O–H groups in total. The van der Waals surface area contributed by atoms with E-state index in [1.54, 1.807) is 30.3 Å². The van der Waals surface area contributed by atoms with Crippen molar-refractivity contribution in [3.8, 4) is 11.8 Å². The van der Waals surface area contributed by atoms with Crippen LogP contribution in [0.25, 0.3) is 6.08 Å². The number of nitrogens with zero attached hydrogens (tertiary/aromatic N) is 1. The molecule has 116 valence electrons.